The van der Waals surface area contributed by atoms with Crippen molar-refractivity contribution in [2.24, 2.45) is 5.92 Å². The molecule has 0 spiro atoms. The predicted molar refractivity (Wildman–Crippen MR) is 44.4 cm³/mol. The third kappa shape index (κ3) is 16.0. The summed E-state index contributed by atoms with van der Waals surface area (Å²) in [7, 11) is 0. The third-order valence-electron chi connectivity index (χ3n) is 1.28. The van der Waals surface area contributed by atoms with Crippen molar-refractivity contribution in [2.75, 3.05) is 0 Å². The van der Waals surface area contributed by atoms with Gasteiger partial charge in [-0.05, 0) is 5.92 Å². The summed E-state index contributed by atoms with van der Waals surface area (Å²) >= 11 is 0. The zero-order valence-corrected chi connectivity index (χ0v) is 9.37. The van der Waals surface area contributed by atoms with Gasteiger partial charge in [-0.1, -0.05) is 33.1 Å². The van der Waals surface area contributed by atoms with E-state index >= 15 is 0 Å². The molecule has 0 saturated heterocycles. The van der Waals surface area contributed by atoms with E-state index in [0.717, 1.165) is 12.3 Å². The molecule has 2 heteroatoms. The van der Waals surface area contributed by atoms with Crippen LogP contribution < -0.4 is 12.4 Å². The van der Waals surface area contributed by atoms with Crippen LogP contribution in [0.2, 0.25) is 0 Å². The molecular formula is C8H17ClMg. The maximum absolute atomic E-state index is 3.78. The van der Waals surface area contributed by atoms with E-state index in [-0.39, 0.29) is 35.5 Å². The zero-order valence-electron chi connectivity index (χ0n) is 7.20. The van der Waals surface area contributed by atoms with Crippen molar-refractivity contribution in [3.05, 3.63) is 6.92 Å². The number of unbranched alkanes of at least 4 members (excludes halogenated alkanes) is 2. The number of rotatable bonds is 4. The van der Waals surface area contributed by atoms with E-state index in [1.54, 1.807) is 0 Å². The van der Waals surface area contributed by atoms with Gasteiger partial charge in [0.1, 0.15) is 0 Å². The molecule has 0 saturated carbocycles. The summed E-state index contributed by atoms with van der Waals surface area (Å²) in [4.78, 5) is 0. The van der Waals surface area contributed by atoms with Gasteiger partial charge in [0.05, 0.1) is 0 Å². The Morgan fingerprint density at radius 3 is 2.00 bits per heavy atom. The Labute approximate surface area is 87.7 Å². The molecule has 0 N–H and O–H groups in total. The van der Waals surface area contributed by atoms with Crippen molar-refractivity contribution in [1.29, 1.82) is 0 Å². The normalized spacial score (nSPS) is 8.40. The van der Waals surface area contributed by atoms with Gasteiger partial charge >= 0.3 is 23.1 Å². The van der Waals surface area contributed by atoms with E-state index in [1.165, 1.54) is 19.3 Å². The molecular weight excluding hydrogens is 156 g/mol. The van der Waals surface area contributed by atoms with E-state index in [0.29, 0.717) is 0 Å². The maximum atomic E-state index is 3.78. The topological polar surface area (TPSA) is 0 Å². The van der Waals surface area contributed by atoms with Crippen LogP contribution in [0.5, 0.6) is 0 Å². The van der Waals surface area contributed by atoms with E-state index in [9.17, 15) is 0 Å². The molecule has 0 aliphatic heterocycles. The first-order valence-electron chi connectivity index (χ1n) is 3.56. The van der Waals surface area contributed by atoms with Gasteiger partial charge in [0.2, 0.25) is 0 Å². The molecule has 0 nitrogen and oxygen atoms in total. The summed E-state index contributed by atoms with van der Waals surface area (Å²) in [6.07, 6.45) is 5.14. The van der Waals surface area contributed by atoms with E-state index in [1.807, 2.05) is 0 Å². The first kappa shape index (κ1) is 17.2. The monoisotopic (exact) mass is 172 g/mol. The summed E-state index contributed by atoms with van der Waals surface area (Å²) in [5.74, 6) is 0.876. The van der Waals surface area contributed by atoms with Gasteiger partial charge in [-0.15, -0.1) is 0 Å². The smallest absolute Gasteiger partial charge is 1.00 e. The van der Waals surface area contributed by atoms with Crippen LogP contribution in [0.3, 0.4) is 0 Å². The van der Waals surface area contributed by atoms with Crippen LogP contribution in [-0.4, -0.2) is 23.1 Å². The van der Waals surface area contributed by atoms with Gasteiger partial charge < -0.3 is 19.3 Å². The minimum absolute atomic E-state index is 0. The molecule has 0 heterocycles. The van der Waals surface area contributed by atoms with E-state index < -0.39 is 0 Å². The van der Waals surface area contributed by atoms with Crippen LogP contribution in [0.4, 0.5) is 0 Å². The number of hydrogen-bond acceptors (Lipinski definition) is 0. The standard InChI is InChI=1S/C8H17.ClH.Mg/c1-4-5-6-7-8(2)3;;/h8H,1,4-7H2,2-3H3;1H;/q-1;;+2/p-1. The largest absolute Gasteiger partial charge is 2.00 e. The van der Waals surface area contributed by atoms with Crippen molar-refractivity contribution in [3.63, 3.8) is 0 Å². The molecule has 0 radical (unpaired) electrons. The molecule has 0 bridgehead atoms. The first-order valence-corrected chi connectivity index (χ1v) is 3.56. The van der Waals surface area contributed by atoms with Gasteiger partial charge in [0.15, 0.2) is 0 Å². The average Bonchev–Trinajstić information content (AvgIpc) is 1.66. The van der Waals surface area contributed by atoms with Crippen molar-refractivity contribution in [1.82, 2.24) is 0 Å². The predicted octanol–water partition coefficient (Wildman–Crippen LogP) is -0.340. The second kappa shape index (κ2) is 12.7. The Bertz CT molecular complexity index is 46.5. The summed E-state index contributed by atoms with van der Waals surface area (Å²) in [5.41, 5.74) is 0. The Kier molecular flexibility index (Phi) is 21.9. The van der Waals surface area contributed by atoms with E-state index in [2.05, 4.69) is 20.8 Å². The molecule has 0 aromatic heterocycles. The van der Waals surface area contributed by atoms with Crippen molar-refractivity contribution in [2.45, 2.75) is 39.5 Å². The maximum Gasteiger partial charge on any atom is 2.00 e. The Morgan fingerprint density at radius 1 is 1.20 bits per heavy atom. The minimum atomic E-state index is 0. The molecule has 0 aromatic rings. The molecule has 58 valence electrons. The van der Waals surface area contributed by atoms with Gasteiger partial charge in [-0.2, -0.15) is 6.42 Å². The Hall–Kier alpha value is 1.06. The van der Waals surface area contributed by atoms with Gasteiger partial charge in [-0.3, -0.25) is 0 Å². The van der Waals surface area contributed by atoms with Gasteiger partial charge in [-0.25, -0.2) is 0 Å². The fraction of sp³-hybridized carbons (Fsp3) is 0.875. The van der Waals surface area contributed by atoms with Crippen molar-refractivity contribution >= 4 is 23.1 Å². The molecule has 0 amide bonds. The molecule has 0 aliphatic carbocycles. The van der Waals surface area contributed by atoms with Crippen LogP contribution in [0.1, 0.15) is 39.5 Å². The van der Waals surface area contributed by atoms with Crippen LogP contribution in [0.15, 0.2) is 0 Å². The fourth-order valence-electron chi connectivity index (χ4n) is 0.729. The van der Waals surface area contributed by atoms with Crippen LogP contribution in [-0.2, 0) is 0 Å². The summed E-state index contributed by atoms with van der Waals surface area (Å²) in [5, 5.41) is 0. The van der Waals surface area contributed by atoms with Crippen molar-refractivity contribution < 1.29 is 12.4 Å². The molecule has 0 fully saturated rings. The van der Waals surface area contributed by atoms with Gasteiger partial charge in [0, 0.05) is 0 Å². The summed E-state index contributed by atoms with van der Waals surface area (Å²) in [6, 6.07) is 0. The minimum Gasteiger partial charge on any atom is -1.00 e. The van der Waals surface area contributed by atoms with Crippen LogP contribution in [0, 0.1) is 12.8 Å². The molecule has 0 aromatic carbocycles. The second-order valence-corrected chi connectivity index (χ2v) is 2.74. The Balaban J connectivity index is -0.000000245. The number of halogens is 1. The SMILES string of the molecule is [CH2-]CCCCC(C)C.[Cl-].[Mg+2]. The van der Waals surface area contributed by atoms with Crippen LogP contribution >= 0.6 is 0 Å². The second-order valence-electron chi connectivity index (χ2n) is 2.74. The third-order valence-corrected chi connectivity index (χ3v) is 1.28. The quantitative estimate of drug-likeness (QED) is 0.310. The zero-order chi connectivity index (χ0) is 6.41. The number of hydrogen-bond donors (Lipinski definition) is 0. The van der Waals surface area contributed by atoms with Crippen molar-refractivity contribution in [3.8, 4) is 0 Å². The van der Waals surface area contributed by atoms with E-state index in [4.69, 9.17) is 0 Å². The fourth-order valence-corrected chi connectivity index (χ4v) is 0.729. The molecule has 0 rings (SSSR count). The molecule has 10 heavy (non-hydrogen) atoms. The Morgan fingerprint density at radius 2 is 1.70 bits per heavy atom. The van der Waals surface area contributed by atoms with Gasteiger partial charge in [0.25, 0.3) is 0 Å². The first-order chi connectivity index (χ1) is 3.77. The molecule has 0 unspecified atom stereocenters. The summed E-state index contributed by atoms with van der Waals surface area (Å²) < 4.78 is 0. The molecule has 0 aliphatic rings. The summed E-state index contributed by atoms with van der Waals surface area (Å²) in [6.45, 7) is 8.32. The van der Waals surface area contributed by atoms with Crippen LogP contribution in [0.25, 0.3) is 0 Å². The average molecular weight is 173 g/mol. The molecule has 0 atom stereocenters.